The molecule has 0 amide bonds. The van der Waals surface area contributed by atoms with E-state index in [4.69, 9.17) is 0 Å². The third kappa shape index (κ3) is 5.49. The molecular formula is C23H30N6S. The number of rotatable bonds is 8. The van der Waals surface area contributed by atoms with Crippen LogP contribution >= 0.6 is 11.3 Å². The van der Waals surface area contributed by atoms with Crippen LogP contribution in [-0.2, 0) is 13.1 Å². The molecule has 0 spiro atoms. The summed E-state index contributed by atoms with van der Waals surface area (Å²) in [4.78, 5) is 8.44. The van der Waals surface area contributed by atoms with E-state index in [-0.39, 0.29) is 0 Å². The molecule has 0 aliphatic carbocycles. The molecule has 3 heterocycles. The van der Waals surface area contributed by atoms with Gasteiger partial charge in [0.15, 0.2) is 5.96 Å². The quantitative estimate of drug-likeness (QED) is 0.431. The van der Waals surface area contributed by atoms with Crippen LogP contribution in [0, 0.1) is 0 Å². The summed E-state index contributed by atoms with van der Waals surface area (Å²) in [6.07, 6.45) is 6.39. The number of aromatic nitrogens is 2. The molecular weight excluding hydrogens is 392 g/mol. The lowest BCUT2D eigenvalue weighted by Gasteiger charge is -2.27. The van der Waals surface area contributed by atoms with Gasteiger partial charge in [0, 0.05) is 37.4 Å². The van der Waals surface area contributed by atoms with E-state index in [1.165, 1.54) is 41.9 Å². The van der Waals surface area contributed by atoms with Gasteiger partial charge in [-0.2, -0.15) is 5.10 Å². The van der Waals surface area contributed by atoms with Crippen molar-refractivity contribution in [3.05, 3.63) is 76.2 Å². The van der Waals surface area contributed by atoms with Crippen molar-refractivity contribution in [3.63, 3.8) is 0 Å². The Morgan fingerprint density at radius 2 is 2.00 bits per heavy atom. The van der Waals surface area contributed by atoms with E-state index in [2.05, 4.69) is 67.4 Å². The van der Waals surface area contributed by atoms with Gasteiger partial charge in [-0.1, -0.05) is 30.3 Å². The summed E-state index contributed by atoms with van der Waals surface area (Å²) in [7, 11) is 1.83. The second-order valence-corrected chi connectivity index (χ2v) is 8.58. The summed E-state index contributed by atoms with van der Waals surface area (Å²) >= 11 is 1.84. The smallest absolute Gasteiger partial charge is 0.191 e. The Labute approximate surface area is 182 Å². The van der Waals surface area contributed by atoms with Crippen LogP contribution in [-0.4, -0.2) is 47.3 Å². The van der Waals surface area contributed by atoms with Gasteiger partial charge in [0.1, 0.15) is 0 Å². The van der Waals surface area contributed by atoms with Gasteiger partial charge >= 0.3 is 0 Å². The normalized spacial score (nSPS) is 16.0. The molecule has 6 nitrogen and oxygen atoms in total. The molecule has 2 N–H and O–H groups in total. The van der Waals surface area contributed by atoms with Gasteiger partial charge in [-0.15, -0.1) is 11.3 Å². The first-order chi connectivity index (χ1) is 14.8. The summed E-state index contributed by atoms with van der Waals surface area (Å²) in [6.45, 7) is 4.74. The molecule has 30 heavy (non-hydrogen) atoms. The Balaban J connectivity index is 1.32. The second kappa shape index (κ2) is 10.4. The second-order valence-electron chi connectivity index (χ2n) is 7.60. The minimum absolute atomic E-state index is 0.406. The zero-order chi connectivity index (χ0) is 20.6. The van der Waals surface area contributed by atoms with Crippen LogP contribution in [0.2, 0.25) is 0 Å². The molecule has 158 valence electrons. The van der Waals surface area contributed by atoms with Crippen molar-refractivity contribution in [3.8, 4) is 0 Å². The average Bonchev–Trinajstić information content (AvgIpc) is 3.55. The van der Waals surface area contributed by atoms with Crippen LogP contribution in [0.3, 0.4) is 0 Å². The molecule has 4 rings (SSSR count). The number of likely N-dealkylation sites (tertiary alicyclic amines) is 1. The zero-order valence-corrected chi connectivity index (χ0v) is 18.3. The minimum Gasteiger partial charge on any atom is -0.354 e. The summed E-state index contributed by atoms with van der Waals surface area (Å²) in [6, 6.07) is 15.4. The average molecular weight is 423 g/mol. The van der Waals surface area contributed by atoms with E-state index in [1.54, 1.807) is 0 Å². The number of hydrogen-bond donors (Lipinski definition) is 2. The molecule has 2 aromatic heterocycles. The molecule has 7 heteroatoms. The number of hydrogen-bond acceptors (Lipinski definition) is 4. The van der Waals surface area contributed by atoms with Crippen molar-refractivity contribution in [2.24, 2.45) is 4.99 Å². The first-order valence-electron chi connectivity index (χ1n) is 10.6. The van der Waals surface area contributed by atoms with Crippen molar-refractivity contribution in [1.82, 2.24) is 25.3 Å². The van der Waals surface area contributed by atoms with Gasteiger partial charge in [0.2, 0.25) is 0 Å². The molecule has 3 aromatic rings. The molecule has 1 unspecified atom stereocenters. The van der Waals surface area contributed by atoms with E-state index in [0.29, 0.717) is 6.04 Å². The number of thiophene rings is 1. The van der Waals surface area contributed by atoms with Crippen molar-refractivity contribution < 1.29 is 0 Å². The van der Waals surface area contributed by atoms with Crippen LogP contribution in [0.15, 0.2) is 65.2 Å². The number of nitrogens with zero attached hydrogens (tertiary/aromatic N) is 4. The lowest BCUT2D eigenvalue weighted by molar-refractivity contribution is 0.249. The van der Waals surface area contributed by atoms with E-state index in [9.17, 15) is 0 Å². The van der Waals surface area contributed by atoms with E-state index < -0.39 is 0 Å². The summed E-state index contributed by atoms with van der Waals surface area (Å²) in [5.74, 6) is 0.841. The topological polar surface area (TPSA) is 57.5 Å². The highest BCUT2D eigenvalue weighted by atomic mass is 32.1. The van der Waals surface area contributed by atoms with Gasteiger partial charge in [0.25, 0.3) is 0 Å². The monoisotopic (exact) mass is 422 g/mol. The highest BCUT2D eigenvalue weighted by Gasteiger charge is 2.24. The lowest BCUT2D eigenvalue weighted by atomic mass is 10.1. The Morgan fingerprint density at radius 1 is 1.13 bits per heavy atom. The molecule has 1 atom stereocenters. The van der Waals surface area contributed by atoms with Gasteiger partial charge in [-0.25, -0.2) is 0 Å². The first kappa shape index (κ1) is 20.6. The zero-order valence-electron chi connectivity index (χ0n) is 17.5. The van der Waals surface area contributed by atoms with Crippen LogP contribution in [0.25, 0.3) is 0 Å². The predicted molar refractivity (Wildman–Crippen MR) is 124 cm³/mol. The van der Waals surface area contributed by atoms with E-state index in [1.807, 2.05) is 41.5 Å². The van der Waals surface area contributed by atoms with Crippen molar-refractivity contribution in [1.29, 1.82) is 0 Å². The van der Waals surface area contributed by atoms with Crippen molar-refractivity contribution >= 4 is 17.3 Å². The highest BCUT2D eigenvalue weighted by molar-refractivity contribution is 7.10. The fourth-order valence-electron chi connectivity index (χ4n) is 3.96. The Morgan fingerprint density at radius 3 is 2.73 bits per heavy atom. The van der Waals surface area contributed by atoms with Crippen molar-refractivity contribution in [2.45, 2.75) is 32.0 Å². The fraction of sp³-hybridized carbons (Fsp3) is 0.391. The molecule has 1 aromatic carbocycles. The third-order valence-electron chi connectivity index (χ3n) is 5.49. The Bertz CT molecular complexity index is 913. The van der Waals surface area contributed by atoms with Gasteiger partial charge in [-0.05, 0) is 54.6 Å². The molecule has 1 aliphatic heterocycles. The predicted octanol–water partition coefficient (Wildman–Crippen LogP) is 3.50. The summed E-state index contributed by atoms with van der Waals surface area (Å²) in [5, 5.41) is 13.5. The number of nitrogens with one attached hydrogen (secondary N) is 2. The molecule has 0 bridgehead atoms. The van der Waals surface area contributed by atoms with Gasteiger partial charge in [-0.3, -0.25) is 14.6 Å². The molecule has 1 fully saturated rings. The van der Waals surface area contributed by atoms with Crippen LogP contribution in [0.4, 0.5) is 0 Å². The van der Waals surface area contributed by atoms with Gasteiger partial charge < -0.3 is 10.6 Å². The van der Waals surface area contributed by atoms with Gasteiger partial charge in [0.05, 0.1) is 12.6 Å². The highest BCUT2D eigenvalue weighted by Crippen LogP contribution is 2.27. The molecule has 1 saturated heterocycles. The fourth-order valence-corrected chi connectivity index (χ4v) is 4.82. The summed E-state index contributed by atoms with van der Waals surface area (Å²) < 4.78 is 1.94. The van der Waals surface area contributed by atoms with E-state index in [0.717, 1.165) is 25.6 Å². The lowest BCUT2D eigenvalue weighted by Crippen LogP contribution is -2.42. The van der Waals surface area contributed by atoms with Crippen LogP contribution in [0.5, 0.6) is 0 Å². The molecule has 0 radical (unpaired) electrons. The number of aliphatic imine (C=N–C) groups is 1. The number of guanidine groups is 1. The Kier molecular flexibility index (Phi) is 7.16. The van der Waals surface area contributed by atoms with E-state index >= 15 is 0 Å². The summed E-state index contributed by atoms with van der Waals surface area (Å²) in [5.41, 5.74) is 2.48. The maximum Gasteiger partial charge on any atom is 0.191 e. The van der Waals surface area contributed by atoms with Crippen molar-refractivity contribution in [2.75, 3.05) is 26.7 Å². The maximum absolute atomic E-state index is 4.43. The SMILES string of the molecule is CN=C(NCc1cccc(Cn2cccn2)c1)NCC(c1cccs1)N1CCCC1. The largest absolute Gasteiger partial charge is 0.354 e. The number of benzene rings is 1. The molecule has 0 saturated carbocycles. The molecule has 1 aliphatic rings. The standard InChI is InChI=1S/C23H30N6S/c1-24-23(26-17-21(22-9-5-14-30-22)28-11-2-3-12-28)25-16-19-7-4-8-20(15-19)18-29-13-6-10-27-29/h4-10,13-15,21H,2-3,11-12,16-18H2,1H3,(H2,24,25,26). The first-order valence-corrected chi connectivity index (χ1v) is 11.5. The Hall–Kier alpha value is -2.64. The maximum atomic E-state index is 4.43. The van der Waals surface area contributed by atoms with Crippen LogP contribution < -0.4 is 10.6 Å². The van der Waals surface area contributed by atoms with Crippen LogP contribution in [0.1, 0.15) is 34.9 Å². The minimum atomic E-state index is 0.406. The third-order valence-corrected chi connectivity index (χ3v) is 6.47.